The van der Waals surface area contributed by atoms with E-state index in [1.165, 1.54) is 7.11 Å². The third-order valence-electron chi connectivity index (χ3n) is 2.15. The molecule has 1 atom stereocenters. The SMILES string of the molecule is COC(=O)[C@H](C)NCc1ccc(Br)c(Br)c1. The van der Waals surface area contributed by atoms with E-state index in [2.05, 4.69) is 41.9 Å². The van der Waals surface area contributed by atoms with E-state index in [4.69, 9.17) is 0 Å². The fraction of sp³-hybridized carbons (Fsp3) is 0.364. The van der Waals surface area contributed by atoms with Crippen molar-refractivity contribution in [3.63, 3.8) is 0 Å². The summed E-state index contributed by atoms with van der Waals surface area (Å²) in [6, 6.07) is 5.66. The number of carbonyl (C=O) groups excluding carboxylic acids is 1. The molecule has 0 heterocycles. The lowest BCUT2D eigenvalue weighted by Crippen LogP contribution is -2.34. The normalized spacial score (nSPS) is 12.2. The quantitative estimate of drug-likeness (QED) is 0.848. The first-order valence-corrected chi connectivity index (χ1v) is 6.38. The number of nitrogens with one attached hydrogen (secondary N) is 1. The van der Waals surface area contributed by atoms with Gasteiger partial charge >= 0.3 is 5.97 Å². The maximum Gasteiger partial charge on any atom is 0.322 e. The number of halogens is 2. The fourth-order valence-corrected chi connectivity index (χ4v) is 1.85. The first kappa shape index (κ1) is 13.7. The molecule has 0 radical (unpaired) electrons. The zero-order valence-corrected chi connectivity index (χ0v) is 12.3. The molecule has 0 aliphatic carbocycles. The number of methoxy groups -OCH3 is 1. The van der Waals surface area contributed by atoms with Gasteiger partial charge in [0.05, 0.1) is 7.11 Å². The summed E-state index contributed by atoms with van der Waals surface area (Å²) in [5.74, 6) is -0.254. The predicted molar refractivity (Wildman–Crippen MR) is 70.2 cm³/mol. The highest BCUT2D eigenvalue weighted by atomic mass is 79.9. The van der Waals surface area contributed by atoms with Crippen molar-refractivity contribution in [3.8, 4) is 0 Å². The van der Waals surface area contributed by atoms with E-state index in [1.54, 1.807) is 6.92 Å². The van der Waals surface area contributed by atoms with Crippen LogP contribution in [0, 0.1) is 0 Å². The van der Waals surface area contributed by atoms with Crippen LogP contribution < -0.4 is 5.32 Å². The summed E-state index contributed by atoms with van der Waals surface area (Å²) in [6.07, 6.45) is 0. The molecule has 0 amide bonds. The highest BCUT2D eigenvalue weighted by Gasteiger charge is 2.11. The van der Waals surface area contributed by atoms with Gasteiger partial charge in [-0.3, -0.25) is 4.79 Å². The maximum absolute atomic E-state index is 11.2. The number of esters is 1. The maximum atomic E-state index is 11.2. The van der Waals surface area contributed by atoms with Crippen molar-refractivity contribution in [2.75, 3.05) is 7.11 Å². The molecule has 0 unspecified atom stereocenters. The molecule has 1 N–H and O–H groups in total. The molecule has 0 aliphatic heterocycles. The van der Waals surface area contributed by atoms with E-state index in [1.807, 2.05) is 18.2 Å². The van der Waals surface area contributed by atoms with Crippen LogP contribution in [0.5, 0.6) is 0 Å². The van der Waals surface area contributed by atoms with Crippen LogP contribution in [-0.2, 0) is 16.1 Å². The smallest absolute Gasteiger partial charge is 0.322 e. The minimum atomic E-state index is -0.299. The average Bonchev–Trinajstić information content (AvgIpc) is 2.29. The molecule has 16 heavy (non-hydrogen) atoms. The molecular weight excluding hydrogens is 338 g/mol. The van der Waals surface area contributed by atoms with Crippen LogP contribution in [0.25, 0.3) is 0 Å². The van der Waals surface area contributed by atoms with Crippen molar-refractivity contribution in [1.82, 2.24) is 5.32 Å². The van der Waals surface area contributed by atoms with Gasteiger partial charge in [-0.1, -0.05) is 6.07 Å². The molecule has 0 aliphatic rings. The predicted octanol–water partition coefficient (Wildman–Crippen LogP) is 2.86. The summed E-state index contributed by atoms with van der Waals surface area (Å²) < 4.78 is 6.63. The van der Waals surface area contributed by atoms with Crippen LogP contribution in [0.1, 0.15) is 12.5 Å². The lowest BCUT2D eigenvalue weighted by Gasteiger charge is -2.11. The summed E-state index contributed by atoms with van der Waals surface area (Å²) in [4.78, 5) is 11.2. The Balaban J connectivity index is 2.55. The Morgan fingerprint density at radius 3 is 2.69 bits per heavy atom. The van der Waals surface area contributed by atoms with Crippen molar-refractivity contribution in [2.24, 2.45) is 0 Å². The first-order chi connectivity index (χ1) is 7.54. The number of hydrogen-bond acceptors (Lipinski definition) is 3. The van der Waals surface area contributed by atoms with Gasteiger partial charge in [0.15, 0.2) is 0 Å². The van der Waals surface area contributed by atoms with Crippen LogP contribution >= 0.6 is 31.9 Å². The zero-order chi connectivity index (χ0) is 12.1. The molecule has 0 saturated heterocycles. The number of rotatable bonds is 4. The number of ether oxygens (including phenoxy) is 1. The Kier molecular flexibility index (Phi) is 5.44. The Bertz CT molecular complexity index is 382. The Labute approximate surface area is 112 Å². The summed E-state index contributed by atoms with van der Waals surface area (Å²) in [5, 5.41) is 3.09. The van der Waals surface area contributed by atoms with E-state index in [0.29, 0.717) is 6.54 Å². The second kappa shape index (κ2) is 6.37. The van der Waals surface area contributed by atoms with Crippen LogP contribution in [0.2, 0.25) is 0 Å². The third kappa shape index (κ3) is 3.88. The van der Waals surface area contributed by atoms with Crippen molar-refractivity contribution in [1.29, 1.82) is 0 Å². The molecule has 1 aromatic rings. The monoisotopic (exact) mass is 349 g/mol. The molecule has 1 rings (SSSR count). The molecule has 0 saturated carbocycles. The highest BCUT2D eigenvalue weighted by Crippen LogP contribution is 2.23. The summed E-state index contributed by atoms with van der Waals surface area (Å²) >= 11 is 6.83. The molecule has 1 aromatic carbocycles. The van der Waals surface area contributed by atoms with Gasteiger partial charge in [0.25, 0.3) is 0 Å². The minimum Gasteiger partial charge on any atom is -0.468 e. The van der Waals surface area contributed by atoms with Crippen LogP contribution in [0.4, 0.5) is 0 Å². The van der Waals surface area contributed by atoms with E-state index in [9.17, 15) is 4.79 Å². The Morgan fingerprint density at radius 1 is 1.44 bits per heavy atom. The van der Waals surface area contributed by atoms with Gasteiger partial charge in [-0.15, -0.1) is 0 Å². The standard InChI is InChI=1S/C11H13Br2NO2/c1-7(11(15)16-2)14-6-8-3-4-9(12)10(13)5-8/h3-5,7,14H,6H2,1-2H3/t7-/m0/s1. The van der Waals surface area contributed by atoms with Gasteiger partial charge in [-0.2, -0.15) is 0 Å². The highest BCUT2D eigenvalue weighted by molar-refractivity contribution is 9.13. The van der Waals surface area contributed by atoms with Gasteiger partial charge in [0, 0.05) is 15.5 Å². The average molecular weight is 351 g/mol. The summed E-state index contributed by atoms with van der Waals surface area (Å²) in [5.41, 5.74) is 1.10. The number of benzene rings is 1. The molecule has 88 valence electrons. The van der Waals surface area contributed by atoms with Gasteiger partial charge < -0.3 is 10.1 Å². The third-order valence-corrected chi connectivity index (χ3v) is 4.03. The van der Waals surface area contributed by atoms with Crippen LogP contribution in [0.15, 0.2) is 27.1 Å². The molecule has 0 aromatic heterocycles. The minimum absolute atomic E-state index is 0.254. The van der Waals surface area contributed by atoms with Gasteiger partial charge in [-0.25, -0.2) is 0 Å². The molecule has 3 nitrogen and oxygen atoms in total. The van der Waals surface area contributed by atoms with Crippen LogP contribution in [0.3, 0.4) is 0 Å². The lowest BCUT2D eigenvalue weighted by molar-refractivity contribution is -0.142. The number of carbonyl (C=O) groups is 1. The van der Waals surface area contributed by atoms with Crippen molar-refractivity contribution < 1.29 is 9.53 Å². The van der Waals surface area contributed by atoms with Crippen molar-refractivity contribution >= 4 is 37.8 Å². The first-order valence-electron chi connectivity index (χ1n) is 4.79. The summed E-state index contributed by atoms with van der Waals surface area (Å²) in [7, 11) is 1.39. The van der Waals surface area contributed by atoms with E-state index in [0.717, 1.165) is 14.5 Å². The second-order valence-electron chi connectivity index (χ2n) is 3.37. The topological polar surface area (TPSA) is 38.3 Å². The van der Waals surface area contributed by atoms with Crippen molar-refractivity contribution in [2.45, 2.75) is 19.5 Å². The van der Waals surface area contributed by atoms with Gasteiger partial charge in [0.2, 0.25) is 0 Å². The van der Waals surface area contributed by atoms with Crippen molar-refractivity contribution in [3.05, 3.63) is 32.7 Å². The number of hydrogen-bond donors (Lipinski definition) is 1. The molecule has 0 spiro atoms. The summed E-state index contributed by atoms with van der Waals surface area (Å²) in [6.45, 7) is 2.40. The Morgan fingerprint density at radius 2 is 2.12 bits per heavy atom. The van der Waals surface area contributed by atoms with E-state index < -0.39 is 0 Å². The Hall–Kier alpha value is -0.390. The van der Waals surface area contributed by atoms with Gasteiger partial charge in [0.1, 0.15) is 6.04 Å². The largest absolute Gasteiger partial charge is 0.468 e. The molecule has 0 fully saturated rings. The van der Waals surface area contributed by atoms with E-state index in [-0.39, 0.29) is 12.0 Å². The molecule has 0 bridgehead atoms. The molecular formula is C11H13Br2NO2. The van der Waals surface area contributed by atoms with Crippen LogP contribution in [-0.4, -0.2) is 19.1 Å². The van der Waals surface area contributed by atoms with Gasteiger partial charge in [-0.05, 0) is 56.5 Å². The molecule has 5 heteroatoms. The lowest BCUT2D eigenvalue weighted by atomic mass is 10.2. The zero-order valence-electron chi connectivity index (χ0n) is 9.09. The van der Waals surface area contributed by atoms with E-state index >= 15 is 0 Å². The fourth-order valence-electron chi connectivity index (χ4n) is 1.18. The second-order valence-corrected chi connectivity index (χ2v) is 5.08.